The Morgan fingerprint density at radius 2 is 2.07 bits per heavy atom. The largest absolute Gasteiger partial charge is 0.493 e. The highest BCUT2D eigenvalue weighted by Gasteiger charge is 2.24. The molecule has 28 heavy (non-hydrogen) atoms. The summed E-state index contributed by atoms with van der Waals surface area (Å²) in [5.74, 6) is 0.264. The molecule has 1 fully saturated rings. The van der Waals surface area contributed by atoms with Crippen LogP contribution in [0.1, 0.15) is 31.7 Å². The van der Waals surface area contributed by atoms with Crippen molar-refractivity contribution in [2.75, 3.05) is 20.8 Å². The third kappa shape index (κ3) is 6.41. The fraction of sp³-hybridized carbons (Fsp3) is 0.368. The second-order valence-electron chi connectivity index (χ2n) is 5.70. The van der Waals surface area contributed by atoms with Crippen molar-refractivity contribution in [2.45, 2.75) is 26.2 Å². The van der Waals surface area contributed by atoms with E-state index in [4.69, 9.17) is 9.47 Å². The molecule has 2 rings (SSSR count). The molecule has 0 aliphatic carbocycles. The van der Waals surface area contributed by atoms with E-state index in [2.05, 4.69) is 27.2 Å². The molecule has 0 aromatic heterocycles. The highest BCUT2D eigenvalue weighted by atomic mass is 32.2. The van der Waals surface area contributed by atoms with Crippen LogP contribution in [0.15, 0.2) is 39.4 Å². The van der Waals surface area contributed by atoms with Gasteiger partial charge in [-0.15, -0.1) is 5.10 Å². The quantitative estimate of drug-likeness (QED) is 0.223. The maximum Gasteiger partial charge on any atom is 0.331 e. The fourth-order valence-electron chi connectivity index (χ4n) is 2.21. The molecule has 1 amide bonds. The summed E-state index contributed by atoms with van der Waals surface area (Å²) < 4.78 is 15.6. The van der Waals surface area contributed by atoms with Gasteiger partial charge in [-0.2, -0.15) is 5.10 Å². The molecular weight excluding hydrogens is 382 g/mol. The van der Waals surface area contributed by atoms with Gasteiger partial charge in [0, 0.05) is 6.08 Å². The standard InChI is InChI=1S/C19H23N3O5S/c1-4-5-6-9-27-14-8-7-13(10-15(14)25-2)12-20-22-19-21-18(24)16(28-19)11-17(23)26-3/h7-8,10-12H,4-6,9H2,1-3H3,(H,21,22,24)/b16-11+,20-12?. The van der Waals surface area contributed by atoms with Crippen LogP contribution < -0.4 is 14.8 Å². The maximum absolute atomic E-state index is 11.7. The van der Waals surface area contributed by atoms with Crippen LogP contribution in [-0.4, -0.2) is 44.1 Å². The van der Waals surface area contributed by atoms with Crippen molar-refractivity contribution in [2.24, 2.45) is 10.2 Å². The van der Waals surface area contributed by atoms with Crippen LogP contribution in [-0.2, 0) is 14.3 Å². The zero-order valence-corrected chi connectivity index (χ0v) is 16.9. The molecule has 0 spiro atoms. The Kier molecular flexibility index (Phi) is 8.54. The third-order valence-electron chi connectivity index (χ3n) is 3.65. The molecule has 0 unspecified atom stereocenters. The lowest BCUT2D eigenvalue weighted by molar-refractivity contribution is -0.135. The molecule has 8 nitrogen and oxygen atoms in total. The lowest BCUT2D eigenvalue weighted by Gasteiger charge is -2.10. The number of nitrogens with one attached hydrogen (secondary N) is 1. The Labute approximate surface area is 168 Å². The second kappa shape index (κ2) is 11.1. The van der Waals surface area contributed by atoms with E-state index in [1.54, 1.807) is 13.2 Å². The number of esters is 1. The van der Waals surface area contributed by atoms with Crippen LogP contribution >= 0.6 is 11.8 Å². The van der Waals surface area contributed by atoms with Gasteiger partial charge in [0.2, 0.25) is 0 Å². The Bertz CT molecular complexity index is 805. The molecule has 1 aromatic carbocycles. The smallest absolute Gasteiger partial charge is 0.331 e. The van der Waals surface area contributed by atoms with Crippen molar-refractivity contribution in [3.05, 3.63) is 34.7 Å². The Morgan fingerprint density at radius 1 is 1.25 bits per heavy atom. The molecule has 1 aliphatic rings. The van der Waals surface area contributed by atoms with E-state index in [9.17, 15) is 9.59 Å². The van der Waals surface area contributed by atoms with Crippen LogP contribution in [0.5, 0.6) is 11.5 Å². The maximum atomic E-state index is 11.7. The van der Waals surface area contributed by atoms with Gasteiger partial charge in [-0.3, -0.25) is 10.1 Å². The van der Waals surface area contributed by atoms with Crippen LogP contribution in [0.25, 0.3) is 0 Å². The van der Waals surface area contributed by atoms with Crippen molar-refractivity contribution >= 4 is 35.0 Å². The molecule has 0 atom stereocenters. The molecule has 1 aromatic rings. The Morgan fingerprint density at radius 3 is 2.79 bits per heavy atom. The molecule has 0 saturated carbocycles. The first-order valence-electron chi connectivity index (χ1n) is 8.78. The second-order valence-corrected chi connectivity index (χ2v) is 6.73. The number of rotatable bonds is 9. The first-order chi connectivity index (χ1) is 13.6. The van der Waals surface area contributed by atoms with Crippen LogP contribution in [0.4, 0.5) is 0 Å². The number of unbranched alkanes of at least 4 members (excludes halogenated alkanes) is 2. The van der Waals surface area contributed by atoms with Gasteiger partial charge in [0.25, 0.3) is 5.91 Å². The lowest BCUT2D eigenvalue weighted by Crippen LogP contribution is -2.19. The van der Waals surface area contributed by atoms with Crippen molar-refractivity contribution in [3.8, 4) is 11.5 Å². The van der Waals surface area contributed by atoms with Gasteiger partial charge < -0.3 is 14.2 Å². The van der Waals surface area contributed by atoms with Gasteiger partial charge in [-0.1, -0.05) is 19.8 Å². The average molecular weight is 405 g/mol. The zero-order valence-electron chi connectivity index (χ0n) is 16.1. The minimum Gasteiger partial charge on any atom is -0.493 e. The summed E-state index contributed by atoms with van der Waals surface area (Å²) in [6.45, 7) is 2.79. The molecule has 150 valence electrons. The first kappa shape index (κ1) is 21.5. The highest BCUT2D eigenvalue weighted by molar-refractivity contribution is 8.18. The minimum atomic E-state index is -0.605. The SMILES string of the molecule is CCCCCOc1ccc(C=N/N=C2/NC(=O)/C(=C\C(=O)OC)S2)cc1OC. The average Bonchev–Trinajstić information content (AvgIpc) is 3.04. The van der Waals surface area contributed by atoms with E-state index in [0.717, 1.165) is 42.7 Å². The van der Waals surface area contributed by atoms with Gasteiger partial charge >= 0.3 is 5.97 Å². The van der Waals surface area contributed by atoms with Crippen LogP contribution in [0.2, 0.25) is 0 Å². The predicted octanol–water partition coefficient (Wildman–Crippen LogP) is 2.87. The molecule has 1 heterocycles. The molecule has 0 radical (unpaired) electrons. The van der Waals surface area contributed by atoms with Gasteiger partial charge in [0.05, 0.1) is 31.9 Å². The topological polar surface area (TPSA) is 98.6 Å². The molecular formula is C19H23N3O5S. The summed E-state index contributed by atoms with van der Waals surface area (Å²) in [7, 11) is 2.82. The van der Waals surface area contributed by atoms with Crippen molar-refractivity contribution in [1.82, 2.24) is 5.32 Å². The number of benzene rings is 1. The third-order valence-corrected chi connectivity index (χ3v) is 4.55. The number of amides is 1. The van der Waals surface area contributed by atoms with E-state index in [0.29, 0.717) is 18.1 Å². The molecule has 1 aliphatic heterocycles. The number of nitrogens with zero attached hydrogens (tertiary/aromatic N) is 2. The number of hydrogen-bond donors (Lipinski definition) is 1. The predicted molar refractivity (Wildman–Crippen MR) is 109 cm³/mol. The minimum absolute atomic E-state index is 0.201. The van der Waals surface area contributed by atoms with E-state index in [1.807, 2.05) is 12.1 Å². The number of hydrogen-bond acceptors (Lipinski definition) is 8. The summed E-state index contributed by atoms with van der Waals surface area (Å²) in [6.07, 6.45) is 5.90. The Balaban J connectivity index is 2.00. The van der Waals surface area contributed by atoms with Crippen molar-refractivity contribution < 1.29 is 23.8 Å². The number of carbonyl (C=O) groups excluding carboxylic acids is 2. The van der Waals surface area contributed by atoms with E-state index >= 15 is 0 Å². The van der Waals surface area contributed by atoms with Crippen LogP contribution in [0.3, 0.4) is 0 Å². The van der Waals surface area contributed by atoms with Gasteiger partial charge in [-0.25, -0.2) is 4.79 Å². The molecule has 1 saturated heterocycles. The molecule has 0 bridgehead atoms. The number of methoxy groups -OCH3 is 2. The van der Waals surface area contributed by atoms with E-state index < -0.39 is 11.9 Å². The summed E-state index contributed by atoms with van der Waals surface area (Å²) in [5.41, 5.74) is 0.766. The summed E-state index contributed by atoms with van der Waals surface area (Å²) in [4.78, 5) is 23.2. The van der Waals surface area contributed by atoms with E-state index in [1.165, 1.54) is 13.3 Å². The van der Waals surface area contributed by atoms with Crippen LogP contribution in [0, 0.1) is 0 Å². The van der Waals surface area contributed by atoms with Gasteiger partial charge in [0.15, 0.2) is 16.7 Å². The van der Waals surface area contributed by atoms with Crippen molar-refractivity contribution in [1.29, 1.82) is 0 Å². The van der Waals surface area contributed by atoms with E-state index in [-0.39, 0.29) is 10.1 Å². The number of amidine groups is 1. The zero-order chi connectivity index (χ0) is 20.4. The number of ether oxygens (including phenoxy) is 3. The van der Waals surface area contributed by atoms with Gasteiger partial charge in [-0.05, 0) is 41.9 Å². The number of thioether (sulfide) groups is 1. The number of carbonyl (C=O) groups is 2. The Hall–Kier alpha value is -2.81. The first-order valence-corrected chi connectivity index (χ1v) is 9.59. The lowest BCUT2D eigenvalue weighted by atomic mass is 10.2. The summed E-state index contributed by atoms with van der Waals surface area (Å²) in [5, 5.41) is 10.7. The van der Waals surface area contributed by atoms with Crippen molar-refractivity contribution in [3.63, 3.8) is 0 Å². The summed E-state index contributed by atoms with van der Waals surface area (Å²) >= 11 is 1.01. The fourth-order valence-corrected chi connectivity index (χ4v) is 2.95. The highest BCUT2D eigenvalue weighted by Crippen LogP contribution is 2.28. The normalized spacial score (nSPS) is 16.6. The molecule has 9 heteroatoms. The summed E-state index contributed by atoms with van der Waals surface area (Å²) in [6, 6.07) is 5.45. The van der Waals surface area contributed by atoms with Gasteiger partial charge in [0.1, 0.15) is 0 Å². The monoisotopic (exact) mass is 405 g/mol. The molecule has 1 N–H and O–H groups in total.